The number of sulfonamides is 1. The number of halogens is 1. The molecule has 4 aromatic rings. The van der Waals surface area contributed by atoms with Gasteiger partial charge in [-0.1, -0.05) is 36.4 Å². The second-order valence-corrected chi connectivity index (χ2v) is 10.4. The Morgan fingerprint density at radius 3 is 2.54 bits per heavy atom. The van der Waals surface area contributed by atoms with E-state index in [1.54, 1.807) is 13.8 Å². The third kappa shape index (κ3) is 5.56. The summed E-state index contributed by atoms with van der Waals surface area (Å²) in [7, 11) is -4.09. The maximum absolute atomic E-state index is 14.7. The molecule has 0 radical (unpaired) electrons. The van der Waals surface area contributed by atoms with Crippen LogP contribution >= 0.6 is 0 Å². The number of furan rings is 1. The maximum Gasteiger partial charge on any atom is 0.374 e. The van der Waals surface area contributed by atoms with E-state index in [0.717, 1.165) is 11.6 Å². The van der Waals surface area contributed by atoms with Crippen molar-refractivity contribution in [2.45, 2.75) is 31.7 Å². The molecule has 0 aliphatic rings. The second kappa shape index (κ2) is 10.9. The number of fused-ring (bicyclic) bond motifs is 1. The van der Waals surface area contributed by atoms with Crippen molar-refractivity contribution in [1.82, 2.24) is 4.31 Å². The number of nitrogens with zero attached hydrogens (tertiary/aromatic N) is 2. The number of carbonyl (C=O) groups excluding carboxylic acids is 1. The first kappa shape index (κ1) is 26.1. The highest BCUT2D eigenvalue weighted by atomic mass is 32.2. The molecule has 1 heterocycles. The van der Waals surface area contributed by atoms with Crippen LogP contribution in [0.15, 0.2) is 76.0 Å². The van der Waals surface area contributed by atoms with Crippen molar-refractivity contribution in [3.05, 3.63) is 101 Å². The molecule has 0 aliphatic heterocycles. The molecule has 0 saturated carbocycles. The molecule has 0 aliphatic carbocycles. The van der Waals surface area contributed by atoms with Gasteiger partial charge in [-0.05, 0) is 56.2 Å². The van der Waals surface area contributed by atoms with Crippen molar-refractivity contribution >= 4 is 27.0 Å². The highest BCUT2D eigenvalue weighted by Crippen LogP contribution is 2.30. The van der Waals surface area contributed by atoms with Gasteiger partial charge in [0.05, 0.1) is 23.1 Å². The normalized spacial score (nSPS) is 11.5. The number of benzene rings is 3. The number of rotatable bonds is 9. The van der Waals surface area contributed by atoms with E-state index in [4.69, 9.17) is 14.4 Å². The highest BCUT2D eigenvalue weighted by molar-refractivity contribution is 7.89. The van der Waals surface area contributed by atoms with Crippen LogP contribution in [0.25, 0.3) is 11.0 Å². The summed E-state index contributed by atoms with van der Waals surface area (Å²) in [4.78, 5) is 12.2. The van der Waals surface area contributed by atoms with E-state index in [-0.39, 0.29) is 41.5 Å². The number of aryl methyl sites for hydroxylation is 1. The number of carbonyl (C=O) groups is 1. The molecule has 0 N–H and O–H groups in total. The minimum atomic E-state index is -4.09. The van der Waals surface area contributed by atoms with Crippen molar-refractivity contribution in [2.24, 2.45) is 0 Å². The Balaban J connectivity index is 1.72. The van der Waals surface area contributed by atoms with Crippen molar-refractivity contribution in [2.75, 3.05) is 13.2 Å². The van der Waals surface area contributed by atoms with Crippen LogP contribution in [0.2, 0.25) is 0 Å². The van der Waals surface area contributed by atoms with E-state index < -0.39 is 21.8 Å². The van der Waals surface area contributed by atoms with Crippen LogP contribution in [-0.4, -0.2) is 31.8 Å². The summed E-state index contributed by atoms with van der Waals surface area (Å²) >= 11 is 0. The molecule has 3 aromatic carbocycles. The van der Waals surface area contributed by atoms with E-state index in [0.29, 0.717) is 23.0 Å². The van der Waals surface area contributed by atoms with Gasteiger partial charge >= 0.3 is 5.97 Å². The summed E-state index contributed by atoms with van der Waals surface area (Å²) in [5.74, 6) is -1.26. The molecule has 1 aromatic heterocycles. The first-order chi connectivity index (χ1) is 17.7. The molecule has 0 atom stereocenters. The standard InChI is InChI=1S/C28H25FN2O5S/c1-3-35-28(32)27-19(2)24-16-23(11-12-26(24)36-27)37(33,34)31(14-13-20-7-5-4-6-8-20)18-22-10-9-21(17-30)15-25(22)29/h4-12,15-16H,3,13-14,18H2,1-2H3. The number of esters is 1. The van der Waals surface area contributed by atoms with Crippen molar-refractivity contribution in [1.29, 1.82) is 5.26 Å². The molecule has 37 heavy (non-hydrogen) atoms. The van der Waals surface area contributed by atoms with Gasteiger partial charge in [0.15, 0.2) is 0 Å². The Hall–Kier alpha value is -4.00. The lowest BCUT2D eigenvalue weighted by molar-refractivity contribution is 0.0491. The van der Waals surface area contributed by atoms with Crippen LogP contribution in [0.3, 0.4) is 0 Å². The smallest absolute Gasteiger partial charge is 0.374 e. The lowest BCUT2D eigenvalue weighted by Gasteiger charge is -2.23. The van der Waals surface area contributed by atoms with Crippen LogP contribution in [0, 0.1) is 24.1 Å². The Labute approximate surface area is 214 Å². The number of ether oxygens (including phenoxy) is 1. The topological polar surface area (TPSA) is 101 Å². The average molecular weight is 521 g/mol. The van der Waals surface area contributed by atoms with E-state index in [9.17, 15) is 17.6 Å². The summed E-state index contributed by atoms with van der Waals surface area (Å²) in [5.41, 5.74) is 2.06. The quantitative estimate of drug-likeness (QED) is 0.275. The first-order valence-electron chi connectivity index (χ1n) is 11.7. The molecule has 0 amide bonds. The van der Waals surface area contributed by atoms with Crippen LogP contribution in [0.4, 0.5) is 4.39 Å². The number of hydrogen-bond donors (Lipinski definition) is 0. The molecular weight excluding hydrogens is 495 g/mol. The minimum Gasteiger partial charge on any atom is -0.460 e. The minimum absolute atomic E-state index is 0.0126. The SMILES string of the molecule is CCOC(=O)c1oc2ccc(S(=O)(=O)N(CCc3ccccc3)Cc3ccc(C#N)cc3F)cc2c1C. The Morgan fingerprint density at radius 2 is 1.86 bits per heavy atom. The van der Waals surface area contributed by atoms with Gasteiger partial charge in [-0.2, -0.15) is 9.57 Å². The van der Waals surface area contributed by atoms with E-state index in [1.807, 2.05) is 36.4 Å². The Kier molecular flexibility index (Phi) is 7.71. The predicted octanol–water partition coefficient (Wildman–Crippen LogP) is 5.36. The zero-order valence-corrected chi connectivity index (χ0v) is 21.2. The third-order valence-electron chi connectivity index (χ3n) is 6.03. The Bertz CT molecular complexity index is 1590. The second-order valence-electron chi connectivity index (χ2n) is 8.43. The fourth-order valence-corrected chi connectivity index (χ4v) is 5.46. The molecule has 9 heteroatoms. The lowest BCUT2D eigenvalue weighted by atomic mass is 10.1. The first-order valence-corrected chi connectivity index (χ1v) is 13.1. The van der Waals surface area contributed by atoms with Crippen molar-refractivity contribution < 1.29 is 26.8 Å². The summed E-state index contributed by atoms with van der Waals surface area (Å²) in [6.45, 7) is 3.40. The molecule has 0 bridgehead atoms. The van der Waals surface area contributed by atoms with Gasteiger partial charge in [0, 0.05) is 29.6 Å². The lowest BCUT2D eigenvalue weighted by Crippen LogP contribution is -2.33. The van der Waals surface area contributed by atoms with Crippen LogP contribution < -0.4 is 0 Å². The number of nitriles is 1. The van der Waals surface area contributed by atoms with Gasteiger partial charge in [0.25, 0.3) is 0 Å². The van der Waals surface area contributed by atoms with Gasteiger partial charge in [-0.15, -0.1) is 0 Å². The predicted molar refractivity (Wildman–Crippen MR) is 136 cm³/mol. The van der Waals surface area contributed by atoms with Crippen LogP contribution in [0.5, 0.6) is 0 Å². The molecule has 0 unspecified atom stereocenters. The van der Waals surface area contributed by atoms with E-state index in [2.05, 4.69) is 0 Å². The largest absolute Gasteiger partial charge is 0.460 e. The summed E-state index contributed by atoms with van der Waals surface area (Å²) in [6.07, 6.45) is 0.415. The average Bonchev–Trinajstić information content (AvgIpc) is 3.23. The fraction of sp³-hybridized carbons (Fsp3) is 0.214. The molecular formula is C28H25FN2O5S. The van der Waals surface area contributed by atoms with E-state index in [1.165, 1.54) is 34.6 Å². The molecule has 0 saturated heterocycles. The maximum atomic E-state index is 14.7. The molecule has 0 fully saturated rings. The van der Waals surface area contributed by atoms with Gasteiger partial charge in [-0.25, -0.2) is 17.6 Å². The third-order valence-corrected chi connectivity index (χ3v) is 7.87. The van der Waals surface area contributed by atoms with Gasteiger partial charge in [-0.3, -0.25) is 0 Å². The van der Waals surface area contributed by atoms with Crippen LogP contribution in [0.1, 0.15) is 39.7 Å². The molecule has 190 valence electrons. The van der Waals surface area contributed by atoms with Gasteiger partial charge in [0.1, 0.15) is 11.4 Å². The van der Waals surface area contributed by atoms with E-state index >= 15 is 0 Å². The van der Waals surface area contributed by atoms with Gasteiger partial charge in [0.2, 0.25) is 15.8 Å². The summed E-state index contributed by atoms with van der Waals surface area (Å²) < 4.78 is 54.2. The van der Waals surface area contributed by atoms with Crippen LogP contribution in [-0.2, 0) is 27.7 Å². The van der Waals surface area contributed by atoms with Crippen molar-refractivity contribution in [3.63, 3.8) is 0 Å². The summed E-state index contributed by atoms with van der Waals surface area (Å²) in [6, 6.07) is 19.6. The molecule has 7 nitrogen and oxygen atoms in total. The van der Waals surface area contributed by atoms with Gasteiger partial charge < -0.3 is 9.15 Å². The fourth-order valence-electron chi connectivity index (χ4n) is 4.02. The zero-order valence-electron chi connectivity index (χ0n) is 20.4. The van der Waals surface area contributed by atoms with Crippen molar-refractivity contribution in [3.8, 4) is 6.07 Å². The highest BCUT2D eigenvalue weighted by Gasteiger charge is 2.27. The molecule has 0 spiro atoms. The summed E-state index contributed by atoms with van der Waals surface area (Å²) in [5, 5.41) is 9.51. The molecule has 4 rings (SSSR count). The number of hydrogen-bond acceptors (Lipinski definition) is 6. The monoisotopic (exact) mass is 520 g/mol. The zero-order chi connectivity index (χ0) is 26.6. The Morgan fingerprint density at radius 1 is 1.11 bits per heavy atom.